The molecule has 0 atom stereocenters. The van der Waals surface area contributed by atoms with Gasteiger partial charge in [-0.1, -0.05) is 6.08 Å². The zero-order chi connectivity index (χ0) is 24.2. The number of anilines is 2. The van der Waals surface area contributed by atoms with Crippen molar-refractivity contribution in [3.63, 3.8) is 0 Å². The van der Waals surface area contributed by atoms with E-state index in [1.165, 1.54) is 27.6 Å². The Bertz CT molecular complexity index is 1560. The molecular formula is C24H27N7O2S2. The standard InChI is InChI=1S/C24H27N7O2S2/c1-16-11-21(34-24(16)35(32,33)30-9-6-10-30)28-22-23-25-13-20(18-12-26-29(2)14-18)31(23)15-19(27-22)17-7-4-3-5-8-17/h7,11-15H,3-6,8-10H2,1-2H3,(H,27,28). The van der Waals surface area contributed by atoms with Gasteiger partial charge < -0.3 is 5.32 Å². The fourth-order valence-corrected chi connectivity index (χ4v) is 7.86. The highest BCUT2D eigenvalue weighted by Crippen LogP contribution is 2.37. The highest BCUT2D eigenvalue weighted by Gasteiger charge is 2.32. The second kappa shape index (κ2) is 8.58. The average molecular weight is 510 g/mol. The van der Waals surface area contributed by atoms with Crippen molar-refractivity contribution in [1.29, 1.82) is 0 Å². The maximum absolute atomic E-state index is 13.0. The number of nitrogens with one attached hydrogen (secondary N) is 1. The lowest BCUT2D eigenvalue weighted by Gasteiger charge is -2.29. The summed E-state index contributed by atoms with van der Waals surface area (Å²) in [7, 11) is -1.56. The number of aryl methyl sites for hydroxylation is 2. The van der Waals surface area contributed by atoms with Crippen molar-refractivity contribution in [2.75, 3.05) is 18.4 Å². The van der Waals surface area contributed by atoms with E-state index in [-0.39, 0.29) is 0 Å². The Hall–Kier alpha value is -3.02. The van der Waals surface area contributed by atoms with E-state index >= 15 is 0 Å². The molecule has 1 saturated heterocycles. The Morgan fingerprint density at radius 2 is 1.97 bits per heavy atom. The third-order valence-electron chi connectivity index (χ3n) is 6.62. The van der Waals surface area contributed by atoms with E-state index in [0.29, 0.717) is 28.8 Å². The molecular weight excluding hydrogens is 482 g/mol. The monoisotopic (exact) mass is 509 g/mol. The van der Waals surface area contributed by atoms with Crippen LogP contribution in [0.25, 0.3) is 22.5 Å². The predicted octanol–water partition coefficient (Wildman–Crippen LogP) is 4.60. The van der Waals surface area contributed by atoms with Crippen LogP contribution in [0.3, 0.4) is 0 Å². The van der Waals surface area contributed by atoms with Gasteiger partial charge in [-0.3, -0.25) is 9.08 Å². The summed E-state index contributed by atoms with van der Waals surface area (Å²) >= 11 is 1.25. The largest absolute Gasteiger partial charge is 0.329 e. The van der Waals surface area contributed by atoms with Crippen molar-refractivity contribution in [1.82, 2.24) is 28.5 Å². The molecule has 0 amide bonds. The van der Waals surface area contributed by atoms with Crippen LogP contribution in [0.2, 0.25) is 0 Å². The fourth-order valence-electron chi connectivity index (χ4n) is 4.61. The lowest BCUT2D eigenvalue weighted by molar-refractivity contribution is 0.310. The molecule has 0 bridgehead atoms. The molecule has 35 heavy (non-hydrogen) atoms. The van der Waals surface area contributed by atoms with Gasteiger partial charge in [0.05, 0.1) is 28.8 Å². The van der Waals surface area contributed by atoms with Crippen molar-refractivity contribution in [3.8, 4) is 11.3 Å². The first-order chi connectivity index (χ1) is 16.9. The first-order valence-electron chi connectivity index (χ1n) is 11.8. The first-order valence-corrected chi connectivity index (χ1v) is 14.1. The maximum Gasteiger partial charge on any atom is 0.252 e. The topological polar surface area (TPSA) is 97.4 Å². The van der Waals surface area contributed by atoms with E-state index in [4.69, 9.17) is 4.98 Å². The third kappa shape index (κ3) is 3.97. The lowest BCUT2D eigenvalue weighted by Crippen LogP contribution is -2.41. The normalized spacial score (nSPS) is 16.9. The van der Waals surface area contributed by atoms with E-state index in [2.05, 4.69) is 25.9 Å². The van der Waals surface area contributed by atoms with Crippen LogP contribution in [0, 0.1) is 6.92 Å². The predicted molar refractivity (Wildman–Crippen MR) is 137 cm³/mol. The Morgan fingerprint density at radius 1 is 1.11 bits per heavy atom. The molecule has 5 heterocycles. The molecule has 1 fully saturated rings. The van der Waals surface area contributed by atoms with E-state index in [0.717, 1.165) is 53.2 Å². The molecule has 1 N–H and O–H groups in total. The van der Waals surface area contributed by atoms with Crippen molar-refractivity contribution < 1.29 is 8.42 Å². The van der Waals surface area contributed by atoms with Crippen LogP contribution in [-0.4, -0.2) is 50.0 Å². The summed E-state index contributed by atoms with van der Waals surface area (Å²) in [5, 5.41) is 8.45. The minimum Gasteiger partial charge on any atom is -0.329 e. The maximum atomic E-state index is 13.0. The number of aromatic nitrogens is 5. The summed E-state index contributed by atoms with van der Waals surface area (Å²) in [5.41, 5.74) is 5.46. The number of thiophene rings is 1. The Labute approximate surface area is 208 Å². The van der Waals surface area contributed by atoms with Gasteiger partial charge in [0.1, 0.15) is 4.21 Å². The molecule has 6 rings (SSSR count). The summed E-state index contributed by atoms with van der Waals surface area (Å²) in [5.74, 6) is 0.610. The summed E-state index contributed by atoms with van der Waals surface area (Å²) < 4.78 is 31.7. The third-order valence-corrected chi connectivity index (χ3v) is 10.3. The highest BCUT2D eigenvalue weighted by molar-refractivity contribution is 7.91. The smallest absolute Gasteiger partial charge is 0.252 e. The zero-order valence-electron chi connectivity index (χ0n) is 19.7. The second-order valence-corrected chi connectivity index (χ2v) is 12.3. The van der Waals surface area contributed by atoms with Crippen molar-refractivity contribution in [2.24, 2.45) is 7.05 Å². The average Bonchev–Trinajstić information content (AvgIpc) is 3.51. The molecule has 2 aliphatic rings. The van der Waals surface area contributed by atoms with Crippen LogP contribution in [-0.2, 0) is 17.1 Å². The number of sulfonamides is 1. The molecule has 0 saturated carbocycles. The van der Waals surface area contributed by atoms with E-state index in [1.54, 1.807) is 4.68 Å². The van der Waals surface area contributed by atoms with Crippen molar-refractivity contribution in [2.45, 2.75) is 43.2 Å². The van der Waals surface area contributed by atoms with Gasteiger partial charge in [0.2, 0.25) is 0 Å². The summed E-state index contributed by atoms with van der Waals surface area (Å²) in [6.45, 7) is 3.02. The number of fused-ring (bicyclic) bond motifs is 1. The summed E-state index contributed by atoms with van der Waals surface area (Å²) in [4.78, 5) is 9.63. The first kappa shape index (κ1) is 22.4. The number of hydrogen-bond acceptors (Lipinski definition) is 7. The summed E-state index contributed by atoms with van der Waals surface area (Å²) in [6, 6.07) is 1.88. The Balaban J connectivity index is 1.44. The minimum atomic E-state index is -3.45. The molecule has 0 aromatic carbocycles. The zero-order valence-corrected chi connectivity index (χ0v) is 21.4. The number of allylic oxidation sites excluding steroid dienone is 2. The number of imidazole rings is 1. The Kier molecular flexibility index (Phi) is 5.50. The van der Waals surface area contributed by atoms with Gasteiger partial charge in [0, 0.05) is 38.1 Å². The van der Waals surface area contributed by atoms with E-state index in [1.807, 2.05) is 44.8 Å². The molecule has 182 valence electrons. The lowest BCUT2D eigenvalue weighted by atomic mass is 9.97. The number of nitrogens with zero attached hydrogens (tertiary/aromatic N) is 6. The molecule has 9 nitrogen and oxygen atoms in total. The molecule has 11 heteroatoms. The van der Waals surface area contributed by atoms with Gasteiger partial charge >= 0.3 is 0 Å². The van der Waals surface area contributed by atoms with Crippen LogP contribution in [0.15, 0.2) is 41.1 Å². The van der Waals surface area contributed by atoms with Crippen LogP contribution in [0.1, 0.15) is 43.4 Å². The van der Waals surface area contributed by atoms with Gasteiger partial charge in [-0.2, -0.15) is 9.40 Å². The van der Waals surface area contributed by atoms with Gasteiger partial charge in [-0.05, 0) is 56.2 Å². The van der Waals surface area contributed by atoms with Crippen LogP contribution < -0.4 is 5.32 Å². The molecule has 4 aromatic rings. The minimum absolute atomic E-state index is 0.390. The molecule has 0 spiro atoms. The quantitative estimate of drug-likeness (QED) is 0.408. The summed E-state index contributed by atoms with van der Waals surface area (Å²) in [6.07, 6.45) is 15.3. The van der Waals surface area contributed by atoms with Gasteiger partial charge in [0.15, 0.2) is 11.5 Å². The van der Waals surface area contributed by atoms with Crippen LogP contribution >= 0.6 is 11.3 Å². The molecule has 1 aliphatic heterocycles. The van der Waals surface area contributed by atoms with Crippen molar-refractivity contribution >= 4 is 43.4 Å². The van der Waals surface area contributed by atoms with Crippen molar-refractivity contribution in [3.05, 3.63) is 48.2 Å². The Morgan fingerprint density at radius 3 is 2.66 bits per heavy atom. The van der Waals surface area contributed by atoms with E-state index < -0.39 is 10.0 Å². The van der Waals surface area contributed by atoms with Crippen LogP contribution in [0.4, 0.5) is 10.8 Å². The van der Waals surface area contributed by atoms with Crippen LogP contribution in [0.5, 0.6) is 0 Å². The second-order valence-electron chi connectivity index (χ2n) is 9.15. The van der Waals surface area contributed by atoms with Gasteiger partial charge in [-0.25, -0.2) is 18.4 Å². The molecule has 4 aromatic heterocycles. The molecule has 0 radical (unpaired) electrons. The van der Waals surface area contributed by atoms with Gasteiger partial charge in [-0.15, -0.1) is 11.3 Å². The number of hydrogen-bond donors (Lipinski definition) is 1. The highest BCUT2D eigenvalue weighted by atomic mass is 32.2. The SMILES string of the molecule is Cc1cc(Nc2nc(C3=CCCCC3)cn3c(-c4cnn(C)c4)cnc23)sc1S(=O)(=O)N1CCC1. The fraction of sp³-hybridized carbons (Fsp3) is 0.375. The van der Waals surface area contributed by atoms with Gasteiger partial charge in [0.25, 0.3) is 10.0 Å². The molecule has 0 unspecified atom stereocenters. The molecule has 1 aliphatic carbocycles. The number of rotatable bonds is 6. The van der Waals surface area contributed by atoms with E-state index in [9.17, 15) is 8.42 Å².